The van der Waals surface area contributed by atoms with Gasteiger partial charge in [0.15, 0.2) is 0 Å². The van der Waals surface area contributed by atoms with Crippen molar-refractivity contribution in [2.75, 3.05) is 11.9 Å². The van der Waals surface area contributed by atoms with Crippen LogP contribution >= 0.6 is 0 Å². The highest BCUT2D eigenvalue weighted by atomic mass is 16.2. The first-order valence-corrected chi connectivity index (χ1v) is 8.93. The molecule has 2 heterocycles. The van der Waals surface area contributed by atoms with Crippen LogP contribution in [-0.4, -0.2) is 27.3 Å². The van der Waals surface area contributed by atoms with Crippen LogP contribution in [0, 0.1) is 5.92 Å². The molecular formula is C19H25N5O. The highest BCUT2D eigenvalue weighted by molar-refractivity contribution is 5.88. The van der Waals surface area contributed by atoms with Gasteiger partial charge in [-0.3, -0.25) is 10.3 Å². The first-order chi connectivity index (χ1) is 12.3. The normalized spacial score (nSPS) is 16.6. The zero-order chi connectivity index (χ0) is 17.3. The fourth-order valence-electron chi connectivity index (χ4n) is 3.03. The molecule has 2 N–H and O–H groups in total. The fourth-order valence-corrected chi connectivity index (χ4v) is 3.03. The molecule has 1 atom stereocenters. The van der Waals surface area contributed by atoms with E-state index in [1.165, 1.54) is 6.42 Å². The molecular weight excluding hydrogens is 314 g/mol. The number of carbonyl (C=O) groups is 1. The Kier molecular flexibility index (Phi) is 6.20. The van der Waals surface area contributed by atoms with E-state index < -0.39 is 0 Å². The Morgan fingerprint density at radius 2 is 2.20 bits per heavy atom. The van der Waals surface area contributed by atoms with Crippen LogP contribution in [0.4, 0.5) is 10.6 Å². The van der Waals surface area contributed by atoms with Crippen molar-refractivity contribution in [3.8, 4) is 0 Å². The molecule has 2 aromatic heterocycles. The third kappa shape index (κ3) is 5.45. The molecule has 132 valence electrons. The van der Waals surface area contributed by atoms with Crippen LogP contribution in [-0.2, 0) is 13.0 Å². The summed E-state index contributed by atoms with van der Waals surface area (Å²) in [5.41, 5.74) is 1.05. The summed E-state index contributed by atoms with van der Waals surface area (Å²) in [6, 6.07) is 7.53. The number of nitrogens with zero attached hydrogens (tertiary/aromatic N) is 3. The van der Waals surface area contributed by atoms with Gasteiger partial charge in [-0.05, 0) is 50.2 Å². The minimum atomic E-state index is -0.189. The van der Waals surface area contributed by atoms with Gasteiger partial charge in [0, 0.05) is 31.0 Å². The van der Waals surface area contributed by atoms with Gasteiger partial charge in [0.05, 0.1) is 6.20 Å². The van der Waals surface area contributed by atoms with Crippen LogP contribution in [0.1, 0.15) is 31.4 Å². The monoisotopic (exact) mass is 339 g/mol. The van der Waals surface area contributed by atoms with Gasteiger partial charge in [-0.15, -0.1) is 0 Å². The van der Waals surface area contributed by atoms with Crippen molar-refractivity contribution >= 4 is 11.8 Å². The van der Waals surface area contributed by atoms with Crippen molar-refractivity contribution < 1.29 is 4.79 Å². The quantitative estimate of drug-likeness (QED) is 0.600. The highest BCUT2D eigenvalue weighted by Gasteiger charge is 2.14. The molecule has 2 aromatic rings. The summed E-state index contributed by atoms with van der Waals surface area (Å²) in [5.74, 6) is 1.34. The van der Waals surface area contributed by atoms with E-state index in [0.717, 1.165) is 43.7 Å². The average molecular weight is 339 g/mol. The molecule has 0 bridgehead atoms. The second-order valence-corrected chi connectivity index (χ2v) is 6.35. The Balaban J connectivity index is 1.40. The molecule has 0 saturated carbocycles. The molecule has 0 saturated heterocycles. The maximum absolute atomic E-state index is 12.1. The number of amides is 2. The van der Waals surface area contributed by atoms with E-state index in [4.69, 9.17) is 0 Å². The van der Waals surface area contributed by atoms with Crippen LogP contribution < -0.4 is 10.6 Å². The SMILES string of the molecule is O=C(NCCCc1ccccn1)Nc1ccnn1CC1CC=CCC1. The van der Waals surface area contributed by atoms with E-state index >= 15 is 0 Å². The number of rotatable bonds is 7. The molecule has 6 nitrogen and oxygen atoms in total. The van der Waals surface area contributed by atoms with Crippen molar-refractivity contribution in [3.63, 3.8) is 0 Å². The number of aryl methyl sites for hydroxylation is 1. The molecule has 1 unspecified atom stereocenters. The Labute approximate surface area is 148 Å². The predicted octanol–water partition coefficient (Wildman–Crippen LogP) is 3.39. The van der Waals surface area contributed by atoms with Gasteiger partial charge < -0.3 is 5.32 Å². The minimum absolute atomic E-state index is 0.189. The summed E-state index contributed by atoms with van der Waals surface area (Å²) < 4.78 is 1.89. The molecule has 1 aliphatic carbocycles. The lowest BCUT2D eigenvalue weighted by molar-refractivity contribution is 0.251. The zero-order valence-electron chi connectivity index (χ0n) is 14.4. The lowest BCUT2D eigenvalue weighted by atomic mass is 9.94. The van der Waals surface area contributed by atoms with E-state index in [9.17, 15) is 4.79 Å². The van der Waals surface area contributed by atoms with Gasteiger partial charge in [0.25, 0.3) is 0 Å². The zero-order valence-corrected chi connectivity index (χ0v) is 14.4. The number of urea groups is 1. The van der Waals surface area contributed by atoms with E-state index in [0.29, 0.717) is 12.5 Å². The van der Waals surface area contributed by atoms with E-state index in [-0.39, 0.29) is 6.03 Å². The van der Waals surface area contributed by atoms with E-state index in [1.54, 1.807) is 12.4 Å². The number of nitrogens with one attached hydrogen (secondary N) is 2. The number of aromatic nitrogens is 3. The molecule has 0 spiro atoms. The van der Waals surface area contributed by atoms with Crippen molar-refractivity contribution in [2.45, 2.75) is 38.6 Å². The maximum atomic E-state index is 12.1. The molecule has 25 heavy (non-hydrogen) atoms. The van der Waals surface area contributed by atoms with Crippen molar-refractivity contribution in [1.29, 1.82) is 0 Å². The van der Waals surface area contributed by atoms with Gasteiger partial charge >= 0.3 is 6.03 Å². The smallest absolute Gasteiger partial charge is 0.320 e. The lowest BCUT2D eigenvalue weighted by Crippen LogP contribution is -2.31. The van der Waals surface area contributed by atoms with Gasteiger partial charge in [-0.2, -0.15) is 5.10 Å². The average Bonchev–Trinajstić information content (AvgIpc) is 3.07. The molecule has 3 rings (SSSR count). The lowest BCUT2D eigenvalue weighted by Gasteiger charge is -2.19. The summed E-state index contributed by atoms with van der Waals surface area (Å²) >= 11 is 0. The summed E-state index contributed by atoms with van der Waals surface area (Å²) in [7, 11) is 0. The maximum Gasteiger partial charge on any atom is 0.320 e. The summed E-state index contributed by atoms with van der Waals surface area (Å²) in [5, 5.41) is 10.1. The number of hydrogen-bond acceptors (Lipinski definition) is 3. The standard InChI is InChI=1S/C19H25N5O/c25-19(21-13-6-10-17-9-4-5-12-20-17)23-18-11-14-22-24(18)15-16-7-2-1-3-8-16/h1-2,4-5,9,11-12,14,16H,3,6-8,10,13,15H2,(H2,21,23,25). The summed E-state index contributed by atoms with van der Waals surface area (Å²) in [6.45, 7) is 1.45. The summed E-state index contributed by atoms with van der Waals surface area (Å²) in [6.07, 6.45) is 13.1. The van der Waals surface area contributed by atoms with Crippen LogP contribution in [0.25, 0.3) is 0 Å². The second-order valence-electron chi connectivity index (χ2n) is 6.35. The van der Waals surface area contributed by atoms with Gasteiger partial charge in [0.2, 0.25) is 0 Å². The van der Waals surface area contributed by atoms with Gasteiger partial charge in [-0.1, -0.05) is 18.2 Å². The van der Waals surface area contributed by atoms with Gasteiger partial charge in [0.1, 0.15) is 5.82 Å². The third-order valence-corrected chi connectivity index (χ3v) is 4.39. The molecule has 1 aliphatic rings. The first kappa shape index (κ1) is 17.2. The van der Waals surface area contributed by atoms with Crippen LogP contribution in [0.2, 0.25) is 0 Å². The van der Waals surface area contributed by atoms with Crippen LogP contribution in [0.3, 0.4) is 0 Å². The highest BCUT2D eigenvalue weighted by Crippen LogP contribution is 2.21. The Bertz CT molecular complexity index is 695. The molecule has 6 heteroatoms. The molecule has 0 fully saturated rings. The largest absolute Gasteiger partial charge is 0.338 e. The van der Waals surface area contributed by atoms with Gasteiger partial charge in [-0.25, -0.2) is 9.48 Å². The minimum Gasteiger partial charge on any atom is -0.338 e. The Morgan fingerprint density at radius 3 is 3.00 bits per heavy atom. The third-order valence-electron chi connectivity index (χ3n) is 4.39. The number of carbonyl (C=O) groups excluding carboxylic acids is 1. The van der Waals surface area contributed by atoms with Crippen LogP contribution in [0.15, 0.2) is 48.8 Å². The fraction of sp³-hybridized carbons (Fsp3) is 0.421. The molecule has 0 aromatic carbocycles. The Hall–Kier alpha value is -2.63. The predicted molar refractivity (Wildman–Crippen MR) is 98.3 cm³/mol. The van der Waals surface area contributed by atoms with E-state index in [2.05, 4.69) is 32.9 Å². The van der Waals surface area contributed by atoms with E-state index in [1.807, 2.05) is 28.9 Å². The van der Waals surface area contributed by atoms with Crippen molar-refractivity contribution in [1.82, 2.24) is 20.1 Å². The van der Waals surface area contributed by atoms with Crippen molar-refractivity contribution in [3.05, 3.63) is 54.5 Å². The molecule has 2 amide bonds. The second kappa shape index (κ2) is 9.01. The summed E-state index contributed by atoms with van der Waals surface area (Å²) in [4.78, 5) is 16.4. The molecule has 0 aliphatic heterocycles. The molecule has 0 radical (unpaired) electrons. The number of hydrogen-bond donors (Lipinski definition) is 2. The first-order valence-electron chi connectivity index (χ1n) is 8.93. The Morgan fingerprint density at radius 1 is 1.24 bits per heavy atom. The number of pyridine rings is 1. The van der Waals surface area contributed by atoms with Crippen LogP contribution in [0.5, 0.6) is 0 Å². The number of anilines is 1. The van der Waals surface area contributed by atoms with Crippen molar-refractivity contribution in [2.24, 2.45) is 5.92 Å². The topological polar surface area (TPSA) is 71.8 Å². The number of allylic oxidation sites excluding steroid dienone is 2.